The minimum Gasteiger partial charge on any atom is -0.339 e. The molecule has 0 bridgehead atoms. The summed E-state index contributed by atoms with van der Waals surface area (Å²) < 4.78 is 29.1. The van der Waals surface area contributed by atoms with Crippen LogP contribution in [0.15, 0.2) is 41.8 Å². The number of sulfonamides is 1. The van der Waals surface area contributed by atoms with E-state index in [1.807, 2.05) is 0 Å². The van der Waals surface area contributed by atoms with Crippen LogP contribution in [0.1, 0.15) is 30.1 Å². The summed E-state index contributed by atoms with van der Waals surface area (Å²) in [6.45, 7) is 3.66. The standard InChI is InChI=1S/C16H21N5O3S/c1-13(10-21-12-17-11-18-21)19-25(23,24)15-6-4-14(5-7-15)16(22)20-8-2-3-9-20/h4-7,11-13,19H,2-3,8-10H2,1H3/t13-/m1/s1. The number of hydrogen-bond acceptors (Lipinski definition) is 5. The highest BCUT2D eigenvalue weighted by molar-refractivity contribution is 7.89. The van der Waals surface area contributed by atoms with Crippen molar-refractivity contribution in [3.63, 3.8) is 0 Å². The van der Waals surface area contributed by atoms with E-state index in [1.54, 1.807) is 28.6 Å². The Labute approximate surface area is 146 Å². The molecule has 1 amide bonds. The average Bonchev–Trinajstić information content (AvgIpc) is 3.27. The lowest BCUT2D eigenvalue weighted by molar-refractivity contribution is 0.0792. The zero-order valence-corrected chi connectivity index (χ0v) is 14.8. The maximum atomic E-state index is 12.5. The number of nitrogens with zero attached hydrogens (tertiary/aromatic N) is 4. The Bertz CT molecular complexity index is 812. The zero-order chi connectivity index (χ0) is 17.9. The van der Waals surface area contributed by atoms with Crippen LogP contribution in [0, 0.1) is 0 Å². The summed E-state index contributed by atoms with van der Waals surface area (Å²) >= 11 is 0. The summed E-state index contributed by atoms with van der Waals surface area (Å²) in [6.07, 6.45) is 4.97. The van der Waals surface area contributed by atoms with Crippen molar-refractivity contribution < 1.29 is 13.2 Å². The fourth-order valence-corrected chi connectivity index (χ4v) is 4.09. The summed E-state index contributed by atoms with van der Waals surface area (Å²) in [7, 11) is -3.66. The zero-order valence-electron chi connectivity index (χ0n) is 14.0. The molecule has 1 aromatic heterocycles. The monoisotopic (exact) mass is 363 g/mol. The van der Waals surface area contributed by atoms with Crippen LogP contribution in [-0.4, -0.2) is 53.1 Å². The summed E-state index contributed by atoms with van der Waals surface area (Å²) in [5.41, 5.74) is 0.511. The van der Waals surface area contributed by atoms with Gasteiger partial charge in [0.05, 0.1) is 11.4 Å². The second-order valence-electron chi connectivity index (χ2n) is 6.16. The normalized spacial score (nSPS) is 16.1. The predicted octanol–water partition coefficient (Wildman–Crippen LogP) is 0.881. The summed E-state index contributed by atoms with van der Waals surface area (Å²) in [6, 6.07) is 5.72. The van der Waals surface area contributed by atoms with E-state index < -0.39 is 10.0 Å². The minimum atomic E-state index is -3.66. The van der Waals surface area contributed by atoms with E-state index >= 15 is 0 Å². The number of likely N-dealkylation sites (tertiary alicyclic amines) is 1. The second-order valence-corrected chi connectivity index (χ2v) is 7.88. The van der Waals surface area contributed by atoms with E-state index in [0.29, 0.717) is 12.1 Å². The van der Waals surface area contributed by atoms with Crippen molar-refractivity contribution in [2.24, 2.45) is 0 Å². The van der Waals surface area contributed by atoms with Gasteiger partial charge < -0.3 is 4.90 Å². The van der Waals surface area contributed by atoms with Gasteiger partial charge in [0.1, 0.15) is 12.7 Å². The van der Waals surface area contributed by atoms with Gasteiger partial charge in [-0.05, 0) is 44.0 Å². The maximum Gasteiger partial charge on any atom is 0.253 e. The lowest BCUT2D eigenvalue weighted by Gasteiger charge is -2.16. The molecule has 1 aliphatic rings. The van der Waals surface area contributed by atoms with Crippen molar-refractivity contribution >= 4 is 15.9 Å². The highest BCUT2D eigenvalue weighted by Gasteiger charge is 2.21. The number of carbonyl (C=O) groups excluding carboxylic acids is 1. The van der Waals surface area contributed by atoms with E-state index in [4.69, 9.17) is 0 Å². The highest BCUT2D eigenvalue weighted by atomic mass is 32.2. The predicted molar refractivity (Wildman–Crippen MR) is 91.4 cm³/mol. The Balaban J connectivity index is 1.66. The van der Waals surface area contributed by atoms with Crippen LogP contribution in [-0.2, 0) is 16.6 Å². The molecule has 1 atom stereocenters. The molecule has 9 heteroatoms. The molecule has 1 aliphatic heterocycles. The summed E-state index contributed by atoms with van der Waals surface area (Å²) in [5, 5.41) is 3.96. The van der Waals surface area contributed by atoms with Crippen LogP contribution < -0.4 is 4.72 Å². The van der Waals surface area contributed by atoms with Gasteiger partial charge in [-0.25, -0.2) is 18.1 Å². The van der Waals surface area contributed by atoms with Crippen LogP contribution in [0.4, 0.5) is 0 Å². The van der Waals surface area contributed by atoms with Gasteiger partial charge >= 0.3 is 0 Å². The topological polar surface area (TPSA) is 97.2 Å². The SMILES string of the molecule is C[C@H](Cn1cncn1)NS(=O)(=O)c1ccc(C(=O)N2CCCC2)cc1. The van der Waals surface area contributed by atoms with Gasteiger partial charge in [0.15, 0.2) is 0 Å². The third-order valence-corrected chi connectivity index (χ3v) is 5.69. The molecule has 1 fully saturated rings. The molecule has 0 unspecified atom stereocenters. The van der Waals surface area contributed by atoms with Gasteiger partial charge in [0, 0.05) is 24.7 Å². The number of amides is 1. The van der Waals surface area contributed by atoms with Crippen molar-refractivity contribution in [2.75, 3.05) is 13.1 Å². The molecule has 0 radical (unpaired) electrons. The van der Waals surface area contributed by atoms with Gasteiger partial charge in [0.2, 0.25) is 10.0 Å². The van der Waals surface area contributed by atoms with Gasteiger partial charge in [-0.15, -0.1) is 0 Å². The lowest BCUT2D eigenvalue weighted by Crippen LogP contribution is -2.35. The van der Waals surface area contributed by atoms with Crippen LogP contribution >= 0.6 is 0 Å². The van der Waals surface area contributed by atoms with E-state index in [-0.39, 0.29) is 16.8 Å². The largest absolute Gasteiger partial charge is 0.339 e. The Morgan fingerprint density at radius 3 is 2.52 bits per heavy atom. The molecule has 1 N–H and O–H groups in total. The number of carbonyl (C=O) groups is 1. The van der Waals surface area contributed by atoms with Gasteiger partial charge in [-0.2, -0.15) is 5.10 Å². The first-order valence-corrected chi connectivity index (χ1v) is 9.68. The van der Waals surface area contributed by atoms with Crippen molar-refractivity contribution in [1.29, 1.82) is 0 Å². The van der Waals surface area contributed by atoms with E-state index in [9.17, 15) is 13.2 Å². The highest BCUT2D eigenvalue weighted by Crippen LogP contribution is 2.16. The third-order valence-electron chi connectivity index (χ3n) is 4.09. The number of rotatable bonds is 6. The Morgan fingerprint density at radius 1 is 1.24 bits per heavy atom. The molecule has 3 rings (SSSR count). The number of benzene rings is 1. The molecule has 0 spiro atoms. The fourth-order valence-electron chi connectivity index (χ4n) is 2.86. The molecule has 8 nitrogen and oxygen atoms in total. The summed E-state index contributed by atoms with van der Waals surface area (Å²) in [4.78, 5) is 18.1. The number of aromatic nitrogens is 3. The first kappa shape index (κ1) is 17.6. The molecule has 2 aromatic rings. The number of hydrogen-bond donors (Lipinski definition) is 1. The molecule has 134 valence electrons. The van der Waals surface area contributed by atoms with Gasteiger partial charge in [-0.1, -0.05) is 0 Å². The molecule has 2 heterocycles. The molecular weight excluding hydrogens is 342 g/mol. The quantitative estimate of drug-likeness (QED) is 0.822. The van der Waals surface area contributed by atoms with Crippen molar-refractivity contribution in [3.8, 4) is 0 Å². The average molecular weight is 363 g/mol. The smallest absolute Gasteiger partial charge is 0.253 e. The Kier molecular flexibility index (Phi) is 5.14. The van der Waals surface area contributed by atoms with Crippen LogP contribution in [0.25, 0.3) is 0 Å². The van der Waals surface area contributed by atoms with E-state index in [0.717, 1.165) is 25.9 Å². The van der Waals surface area contributed by atoms with Crippen molar-refractivity contribution in [1.82, 2.24) is 24.4 Å². The second kappa shape index (κ2) is 7.32. The molecular formula is C16H21N5O3S. The number of nitrogens with one attached hydrogen (secondary N) is 1. The van der Waals surface area contributed by atoms with Crippen LogP contribution in [0.5, 0.6) is 0 Å². The van der Waals surface area contributed by atoms with E-state index in [1.165, 1.54) is 24.8 Å². The van der Waals surface area contributed by atoms with Crippen molar-refractivity contribution in [3.05, 3.63) is 42.5 Å². The molecule has 0 saturated carbocycles. The fraction of sp³-hybridized carbons (Fsp3) is 0.438. The minimum absolute atomic E-state index is 0.0473. The Hall–Kier alpha value is -2.26. The molecule has 0 aliphatic carbocycles. The first-order valence-electron chi connectivity index (χ1n) is 8.20. The summed E-state index contributed by atoms with van der Waals surface area (Å²) in [5.74, 6) is -0.0473. The van der Waals surface area contributed by atoms with Crippen LogP contribution in [0.2, 0.25) is 0 Å². The molecule has 1 aromatic carbocycles. The lowest BCUT2D eigenvalue weighted by atomic mass is 10.2. The molecule has 1 saturated heterocycles. The molecule has 25 heavy (non-hydrogen) atoms. The van der Waals surface area contributed by atoms with Gasteiger partial charge in [0.25, 0.3) is 5.91 Å². The first-order chi connectivity index (χ1) is 12.0. The Morgan fingerprint density at radius 2 is 1.92 bits per heavy atom. The third kappa shape index (κ3) is 4.23. The van der Waals surface area contributed by atoms with Gasteiger partial charge in [-0.3, -0.25) is 9.48 Å². The maximum absolute atomic E-state index is 12.5. The van der Waals surface area contributed by atoms with E-state index in [2.05, 4.69) is 14.8 Å². The van der Waals surface area contributed by atoms with Crippen LogP contribution in [0.3, 0.4) is 0 Å². The van der Waals surface area contributed by atoms with Crippen molar-refractivity contribution in [2.45, 2.75) is 37.2 Å².